The number of aliphatic carboxylic acids is 3. The van der Waals surface area contributed by atoms with Crippen LogP contribution in [0.15, 0.2) is 30.5 Å². The van der Waals surface area contributed by atoms with Crippen LogP contribution in [0, 0.1) is 0 Å². The van der Waals surface area contributed by atoms with Gasteiger partial charge in [-0.3, -0.25) is 14.4 Å². The monoisotopic (exact) mass is 352 g/mol. The summed E-state index contributed by atoms with van der Waals surface area (Å²) in [6.45, 7) is 0. The Morgan fingerprint density at radius 2 is 1.56 bits per heavy atom. The molecule has 1 amide bonds. The van der Waals surface area contributed by atoms with Crippen LogP contribution in [0.1, 0.15) is 23.2 Å². The van der Waals surface area contributed by atoms with Gasteiger partial charge in [0.2, 0.25) is 5.91 Å². The van der Waals surface area contributed by atoms with Crippen LogP contribution in [0.3, 0.4) is 0 Å². The Morgan fingerprint density at radius 3 is 2.00 bits per heavy atom. The highest BCUT2D eigenvalue weighted by Crippen LogP contribution is 2.15. The molecule has 1 heterocycles. The molecule has 2 rings (SSSR count). The molecule has 25 heavy (non-hydrogen) atoms. The maximum atomic E-state index is 10.8. The summed E-state index contributed by atoms with van der Waals surface area (Å²) in [4.78, 5) is 44.3. The van der Waals surface area contributed by atoms with Crippen LogP contribution in [0.4, 0.5) is 0 Å². The zero-order valence-corrected chi connectivity index (χ0v) is 12.8. The highest BCUT2D eigenvalue weighted by atomic mass is 16.4. The molecule has 0 atom stereocenters. The van der Waals surface area contributed by atoms with Crippen LogP contribution in [0.25, 0.3) is 10.9 Å². The molecule has 10 nitrogen and oxygen atoms in total. The van der Waals surface area contributed by atoms with Gasteiger partial charge in [-0.25, -0.2) is 4.79 Å². The summed E-state index contributed by atoms with van der Waals surface area (Å²) >= 11 is 0. The molecule has 0 spiro atoms. The Balaban J connectivity index is 0.000000250. The molecular formula is C15H16N2O8. The Hall–Kier alpha value is -3.40. The number of benzene rings is 1. The van der Waals surface area contributed by atoms with Gasteiger partial charge in [0.1, 0.15) is 0 Å². The lowest BCUT2D eigenvalue weighted by atomic mass is 9.96. The smallest absolute Gasteiger partial charge is 0.336 e. The van der Waals surface area contributed by atoms with Crippen LogP contribution in [-0.2, 0) is 14.4 Å². The first-order chi connectivity index (χ1) is 11.5. The van der Waals surface area contributed by atoms with E-state index in [4.69, 9.17) is 26.2 Å². The number of primary amides is 1. The highest BCUT2D eigenvalue weighted by Gasteiger charge is 2.40. The van der Waals surface area contributed by atoms with Gasteiger partial charge in [-0.2, -0.15) is 0 Å². The number of carboxylic acid groups (broad SMARTS) is 3. The topological polar surface area (TPSA) is 191 Å². The summed E-state index contributed by atoms with van der Waals surface area (Å²) in [5, 5.41) is 34.9. The van der Waals surface area contributed by atoms with Gasteiger partial charge in [-0.1, -0.05) is 6.07 Å². The number of aliphatic hydroxyl groups is 1. The fraction of sp³-hybridized carbons (Fsp3) is 0.200. The lowest BCUT2D eigenvalue weighted by molar-refractivity contribution is -0.170. The van der Waals surface area contributed by atoms with Gasteiger partial charge < -0.3 is 31.1 Å². The summed E-state index contributed by atoms with van der Waals surface area (Å²) in [5.41, 5.74) is 3.85. The Bertz CT molecular complexity index is 795. The molecule has 0 aliphatic carbocycles. The Kier molecular flexibility index (Phi) is 6.23. The first-order valence-electron chi connectivity index (χ1n) is 6.81. The molecule has 0 radical (unpaired) electrons. The minimum atomic E-state index is -2.74. The number of amides is 1. The summed E-state index contributed by atoms with van der Waals surface area (Å²) in [7, 11) is 0. The minimum Gasteiger partial charge on any atom is -0.481 e. The van der Waals surface area contributed by atoms with E-state index in [0.717, 1.165) is 10.9 Å². The molecule has 134 valence electrons. The van der Waals surface area contributed by atoms with E-state index >= 15 is 0 Å². The van der Waals surface area contributed by atoms with Crippen molar-refractivity contribution in [3.05, 3.63) is 36.0 Å². The van der Waals surface area contributed by atoms with Crippen molar-refractivity contribution in [1.82, 2.24) is 4.98 Å². The number of carbonyl (C=O) groups is 4. The molecule has 0 bridgehead atoms. The number of rotatable bonds is 6. The predicted molar refractivity (Wildman–Crippen MR) is 83.9 cm³/mol. The van der Waals surface area contributed by atoms with Crippen LogP contribution >= 0.6 is 0 Å². The second kappa shape index (κ2) is 7.93. The van der Waals surface area contributed by atoms with E-state index in [2.05, 4.69) is 4.98 Å². The fourth-order valence-electron chi connectivity index (χ4n) is 1.92. The van der Waals surface area contributed by atoms with E-state index in [-0.39, 0.29) is 0 Å². The lowest BCUT2D eigenvalue weighted by Gasteiger charge is -2.18. The van der Waals surface area contributed by atoms with E-state index < -0.39 is 42.3 Å². The third-order valence-corrected chi connectivity index (χ3v) is 3.12. The average Bonchev–Trinajstić information content (AvgIpc) is 2.93. The Morgan fingerprint density at radius 1 is 1.00 bits per heavy atom. The lowest BCUT2D eigenvalue weighted by Crippen LogP contribution is -2.42. The molecule has 1 aromatic heterocycles. The first-order valence-corrected chi connectivity index (χ1v) is 6.81. The van der Waals surface area contributed by atoms with Crippen molar-refractivity contribution in [3.8, 4) is 0 Å². The predicted octanol–water partition coefficient (Wildman–Crippen LogP) is 0.0183. The number of aromatic amines is 1. The number of H-pyrrole nitrogens is 1. The third kappa shape index (κ3) is 5.62. The van der Waals surface area contributed by atoms with E-state index in [1.54, 1.807) is 12.1 Å². The van der Waals surface area contributed by atoms with Gasteiger partial charge in [0, 0.05) is 17.3 Å². The molecule has 0 aliphatic heterocycles. The molecule has 0 saturated heterocycles. The standard InChI is InChI=1S/C9H8N2O.C6H8O7/c10-9(12)7-2-1-6-3-4-11-8(6)5-7;7-3(8)1-6(13,5(11)12)2-4(9)10/h1-5,11H,(H2,10,12);13H,1-2H2,(H,7,8)(H,9,10)(H,11,12). The molecule has 0 aliphatic rings. The minimum absolute atomic E-state index is 0.397. The molecule has 0 unspecified atom stereocenters. The van der Waals surface area contributed by atoms with E-state index in [1.807, 2.05) is 18.3 Å². The van der Waals surface area contributed by atoms with E-state index in [9.17, 15) is 19.2 Å². The van der Waals surface area contributed by atoms with Gasteiger partial charge in [0.25, 0.3) is 0 Å². The second-order valence-electron chi connectivity index (χ2n) is 5.12. The van der Waals surface area contributed by atoms with Gasteiger partial charge in [-0.05, 0) is 23.6 Å². The molecule has 1 aromatic carbocycles. The quantitative estimate of drug-likeness (QED) is 0.419. The van der Waals surface area contributed by atoms with Crippen LogP contribution in [-0.4, -0.2) is 54.8 Å². The maximum absolute atomic E-state index is 10.8. The van der Waals surface area contributed by atoms with Gasteiger partial charge >= 0.3 is 17.9 Å². The number of fused-ring (bicyclic) bond motifs is 1. The van der Waals surface area contributed by atoms with E-state index in [0.29, 0.717) is 5.56 Å². The van der Waals surface area contributed by atoms with Crippen LogP contribution in [0.2, 0.25) is 0 Å². The summed E-state index contributed by atoms with van der Waals surface area (Å²) in [5.74, 6) is -5.42. The van der Waals surface area contributed by atoms with Crippen LogP contribution < -0.4 is 5.73 Å². The van der Waals surface area contributed by atoms with Crippen LogP contribution in [0.5, 0.6) is 0 Å². The van der Waals surface area contributed by atoms with Crippen molar-refractivity contribution >= 4 is 34.7 Å². The van der Waals surface area contributed by atoms with Crippen molar-refractivity contribution < 1.29 is 39.6 Å². The van der Waals surface area contributed by atoms with Crippen molar-refractivity contribution in [2.75, 3.05) is 0 Å². The van der Waals surface area contributed by atoms with Crippen molar-refractivity contribution in [3.63, 3.8) is 0 Å². The van der Waals surface area contributed by atoms with Crippen molar-refractivity contribution in [1.29, 1.82) is 0 Å². The molecule has 7 N–H and O–H groups in total. The Labute approximate surface area is 140 Å². The summed E-state index contributed by atoms with van der Waals surface area (Å²) in [6, 6.07) is 7.28. The summed E-state index contributed by atoms with van der Waals surface area (Å²) < 4.78 is 0. The number of hydrogen-bond donors (Lipinski definition) is 6. The van der Waals surface area contributed by atoms with Crippen molar-refractivity contribution in [2.24, 2.45) is 5.73 Å². The van der Waals surface area contributed by atoms with Gasteiger partial charge in [-0.15, -0.1) is 0 Å². The zero-order chi connectivity index (χ0) is 19.2. The maximum Gasteiger partial charge on any atom is 0.336 e. The number of nitrogens with two attached hydrogens (primary N) is 1. The number of aromatic nitrogens is 1. The number of carbonyl (C=O) groups excluding carboxylic acids is 1. The second-order valence-corrected chi connectivity index (χ2v) is 5.12. The SMILES string of the molecule is NC(=O)c1ccc2cc[nH]c2c1.O=C(O)CC(O)(CC(=O)O)C(=O)O. The summed E-state index contributed by atoms with van der Waals surface area (Å²) in [6.07, 6.45) is -0.460. The number of carboxylic acids is 3. The molecule has 0 fully saturated rings. The van der Waals surface area contributed by atoms with Gasteiger partial charge in [0.05, 0.1) is 12.8 Å². The molecule has 2 aromatic rings. The third-order valence-electron chi connectivity index (χ3n) is 3.12. The zero-order valence-electron chi connectivity index (χ0n) is 12.8. The first kappa shape index (κ1) is 19.6. The highest BCUT2D eigenvalue weighted by molar-refractivity contribution is 5.96. The van der Waals surface area contributed by atoms with E-state index in [1.165, 1.54) is 0 Å². The largest absolute Gasteiger partial charge is 0.481 e. The number of nitrogens with one attached hydrogen (secondary N) is 1. The number of hydrogen-bond acceptors (Lipinski definition) is 5. The average molecular weight is 352 g/mol. The molecule has 10 heteroatoms. The fourth-order valence-corrected chi connectivity index (χ4v) is 1.92. The molecule has 0 saturated carbocycles. The normalized spacial score (nSPS) is 10.6. The van der Waals surface area contributed by atoms with Gasteiger partial charge in [0.15, 0.2) is 5.60 Å². The molecular weight excluding hydrogens is 336 g/mol. The van der Waals surface area contributed by atoms with Crippen molar-refractivity contribution in [2.45, 2.75) is 18.4 Å².